The van der Waals surface area contributed by atoms with Gasteiger partial charge in [-0.3, -0.25) is 9.69 Å². The number of rotatable bonds is 6. The van der Waals surface area contributed by atoms with Gasteiger partial charge in [-0.2, -0.15) is 0 Å². The van der Waals surface area contributed by atoms with Gasteiger partial charge in [-0.25, -0.2) is 0 Å². The number of amides is 1. The van der Waals surface area contributed by atoms with Gasteiger partial charge in [-0.05, 0) is 31.4 Å². The molecule has 1 heterocycles. The third kappa shape index (κ3) is 5.22. The number of aromatic hydroxyl groups is 1. The molecular formula is C18H28N2O3. The smallest absolute Gasteiger partial charge is 0.255 e. The second-order valence-electron chi connectivity index (χ2n) is 6.66. The molecule has 1 aliphatic rings. The van der Waals surface area contributed by atoms with Gasteiger partial charge < -0.3 is 15.2 Å². The molecule has 5 heteroatoms. The Morgan fingerprint density at radius 1 is 1.35 bits per heavy atom. The molecule has 0 aromatic heterocycles. The Morgan fingerprint density at radius 3 is 2.70 bits per heavy atom. The molecule has 1 fully saturated rings. The fourth-order valence-corrected chi connectivity index (χ4v) is 2.99. The number of hydrogen-bond donors (Lipinski definition) is 2. The fraction of sp³-hybridized carbons (Fsp3) is 0.611. The molecule has 1 atom stereocenters. The molecule has 1 aliphatic heterocycles. The summed E-state index contributed by atoms with van der Waals surface area (Å²) >= 11 is 0. The lowest BCUT2D eigenvalue weighted by Crippen LogP contribution is -2.49. The van der Waals surface area contributed by atoms with Crippen LogP contribution in [0, 0.1) is 12.8 Å². The molecule has 1 aromatic carbocycles. The number of carbonyl (C=O) groups is 1. The first-order valence-corrected chi connectivity index (χ1v) is 8.37. The van der Waals surface area contributed by atoms with Crippen LogP contribution in [-0.2, 0) is 4.74 Å². The molecule has 0 spiro atoms. The number of ether oxygens (including phenoxy) is 1. The molecule has 2 N–H and O–H groups in total. The largest absolute Gasteiger partial charge is 0.507 e. The van der Waals surface area contributed by atoms with Gasteiger partial charge in [0.1, 0.15) is 5.75 Å². The quantitative estimate of drug-likeness (QED) is 0.843. The van der Waals surface area contributed by atoms with Crippen molar-refractivity contribution in [3.63, 3.8) is 0 Å². The molecule has 23 heavy (non-hydrogen) atoms. The molecule has 1 amide bonds. The van der Waals surface area contributed by atoms with Gasteiger partial charge >= 0.3 is 0 Å². The lowest BCUT2D eigenvalue weighted by Gasteiger charge is -2.35. The predicted octanol–water partition coefficient (Wildman–Crippen LogP) is 2.18. The highest BCUT2D eigenvalue weighted by Crippen LogP contribution is 2.18. The lowest BCUT2D eigenvalue weighted by atomic mass is 10.0. The summed E-state index contributed by atoms with van der Waals surface area (Å²) in [7, 11) is 0. The number of nitrogens with one attached hydrogen (secondary N) is 1. The summed E-state index contributed by atoms with van der Waals surface area (Å²) in [6.07, 6.45) is 1.03. The Balaban J connectivity index is 1.99. The topological polar surface area (TPSA) is 61.8 Å². The maximum atomic E-state index is 12.4. The summed E-state index contributed by atoms with van der Waals surface area (Å²) in [5, 5.41) is 12.9. The maximum Gasteiger partial charge on any atom is 0.255 e. The highest BCUT2D eigenvalue weighted by Gasteiger charge is 2.23. The minimum atomic E-state index is -0.215. The van der Waals surface area contributed by atoms with Crippen molar-refractivity contribution in [2.24, 2.45) is 5.92 Å². The van der Waals surface area contributed by atoms with Crippen molar-refractivity contribution >= 4 is 5.91 Å². The van der Waals surface area contributed by atoms with Gasteiger partial charge in [0.05, 0.1) is 18.8 Å². The van der Waals surface area contributed by atoms with Gasteiger partial charge in [-0.1, -0.05) is 25.5 Å². The van der Waals surface area contributed by atoms with E-state index in [0.717, 1.165) is 38.3 Å². The summed E-state index contributed by atoms with van der Waals surface area (Å²) in [4.78, 5) is 14.8. The summed E-state index contributed by atoms with van der Waals surface area (Å²) < 4.78 is 5.42. The number of phenols is 1. The molecular weight excluding hydrogens is 292 g/mol. The van der Waals surface area contributed by atoms with E-state index in [1.165, 1.54) is 0 Å². The normalized spacial score (nSPS) is 17.2. The van der Waals surface area contributed by atoms with Crippen LogP contribution in [0.2, 0.25) is 0 Å². The average molecular weight is 320 g/mol. The van der Waals surface area contributed by atoms with Crippen LogP contribution in [0.25, 0.3) is 0 Å². The Kier molecular flexibility index (Phi) is 6.42. The van der Waals surface area contributed by atoms with Crippen LogP contribution in [-0.4, -0.2) is 54.8 Å². The van der Waals surface area contributed by atoms with E-state index >= 15 is 0 Å². The molecule has 1 aromatic rings. The first-order chi connectivity index (χ1) is 11.0. The van der Waals surface area contributed by atoms with Gasteiger partial charge in [0.15, 0.2) is 0 Å². The van der Waals surface area contributed by atoms with Crippen LogP contribution >= 0.6 is 0 Å². The number of phenolic OH excluding ortho intramolecular Hbond substituents is 1. The first kappa shape index (κ1) is 17.8. The Labute approximate surface area is 138 Å². The Bertz CT molecular complexity index is 525. The standard InChI is InChI=1S/C18H28N2O3/c1-13(2)10-15(20-6-8-23-9-7-20)12-19-18(22)16-11-14(3)4-5-17(16)21/h4-5,11,13,15,21H,6-10,12H2,1-3H3,(H,19,22). The predicted molar refractivity (Wildman–Crippen MR) is 90.8 cm³/mol. The zero-order chi connectivity index (χ0) is 16.8. The molecule has 2 rings (SSSR count). The van der Waals surface area contributed by atoms with Crippen LogP contribution in [0.4, 0.5) is 0 Å². The van der Waals surface area contributed by atoms with Crippen molar-refractivity contribution in [3.8, 4) is 5.75 Å². The zero-order valence-electron chi connectivity index (χ0n) is 14.3. The van der Waals surface area contributed by atoms with Crippen LogP contribution < -0.4 is 5.32 Å². The van der Waals surface area contributed by atoms with E-state index in [-0.39, 0.29) is 11.7 Å². The van der Waals surface area contributed by atoms with Crippen molar-refractivity contribution in [1.29, 1.82) is 0 Å². The van der Waals surface area contributed by atoms with E-state index in [1.54, 1.807) is 18.2 Å². The molecule has 0 bridgehead atoms. The zero-order valence-corrected chi connectivity index (χ0v) is 14.3. The Hall–Kier alpha value is -1.59. The number of aryl methyl sites for hydroxylation is 1. The highest BCUT2D eigenvalue weighted by atomic mass is 16.5. The summed E-state index contributed by atoms with van der Waals surface area (Å²) in [6.45, 7) is 10.2. The summed E-state index contributed by atoms with van der Waals surface area (Å²) in [6, 6.07) is 5.38. The van der Waals surface area contributed by atoms with Gasteiger partial charge in [0, 0.05) is 25.7 Å². The van der Waals surface area contributed by atoms with Crippen molar-refractivity contribution in [3.05, 3.63) is 29.3 Å². The first-order valence-electron chi connectivity index (χ1n) is 8.37. The van der Waals surface area contributed by atoms with E-state index in [9.17, 15) is 9.90 Å². The lowest BCUT2D eigenvalue weighted by molar-refractivity contribution is 0.0124. The highest BCUT2D eigenvalue weighted by molar-refractivity contribution is 5.97. The number of hydrogen-bond acceptors (Lipinski definition) is 4. The number of nitrogens with zero attached hydrogens (tertiary/aromatic N) is 1. The fourth-order valence-electron chi connectivity index (χ4n) is 2.99. The van der Waals surface area contributed by atoms with Crippen molar-refractivity contribution < 1.29 is 14.6 Å². The number of benzene rings is 1. The average Bonchev–Trinajstić information content (AvgIpc) is 2.54. The van der Waals surface area contributed by atoms with Gasteiger partial charge in [-0.15, -0.1) is 0 Å². The van der Waals surface area contributed by atoms with Crippen LogP contribution in [0.15, 0.2) is 18.2 Å². The van der Waals surface area contributed by atoms with Crippen LogP contribution in [0.3, 0.4) is 0 Å². The molecule has 5 nitrogen and oxygen atoms in total. The molecule has 0 radical (unpaired) electrons. The molecule has 0 saturated carbocycles. The molecule has 1 saturated heterocycles. The van der Waals surface area contributed by atoms with Crippen molar-refractivity contribution in [1.82, 2.24) is 10.2 Å². The number of carbonyl (C=O) groups excluding carboxylic acids is 1. The second kappa shape index (κ2) is 8.31. The minimum absolute atomic E-state index is 0.0277. The molecule has 128 valence electrons. The molecule has 0 aliphatic carbocycles. The van der Waals surface area contributed by atoms with E-state index in [2.05, 4.69) is 24.1 Å². The second-order valence-corrected chi connectivity index (χ2v) is 6.66. The van der Waals surface area contributed by atoms with Gasteiger partial charge in [0.25, 0.3) is 5.91 Å². The van der Waals surface area contributed by atoms with E-state index in [4.69, 9.17) is 4.74 Å². The SMILES string of the molecule is Cc1ccc(O)c(C(=O)NCC(CC(C)C)N2CCOCC2)c1. The van der Waals surface area contributed by atoms with Gasteiger partial charge in [0.2, 0.25) is 0 Å². The monoisotopic (exact) mass is 320 g/mol. The van der Waals surface area contributed by atoms with E-state index in [1.807, 2.05) is 6.92 Å². The van der Waals surface area contributed by atoms with E-state index < -0.39 is 0 Å². The van der Waals surface area contributed by atoms with Crippen LogP contribution in [0.5, 0.6) is 5.75 Å². The number of morpholine rings is 1. The summed E-state index contributed by atoms with van der Waals surface area (Å²) in [5.74, 6) is 0.375. The third-order valence-corrected chi connectivity index (χ3v) is 4.20. The van der Waals surface area contributed by atoms with Crippen LogP contribution in [0.1, 0.15) is 36.2 Å². The Morgan fingerprint density at radius 2 is 2.04 bits per heavy atom. The summed E-state index contributed by atoms with van der Waals surface area (Å²) in [5.41, 5.74) is 1.30. The maximum absolute atomic E-state index is 12.4. The van der Waals surface area contributed by atoms with Crippen molar-refractivity contribution in [2.75, 3.05) is 32.8 Å². The minimum Gasteiger partial charge on any atom is -0.507 e. The third-order valence-electron chi connectivity index (χ3n) is 4.20. The van der Waals surface area contributed by atoms with E-state index in [0.29, 0.717) is 24.1 Å². The van der Waals surface area contributed by atoms with Crippen molar-refractivity contribution in [2.45, 2.75) is 33.2 Å². The molecule has 1 unspecified atom stereocenters.